The standard InChI is InChI=1S/C10H11N3O2S/c14-13(15)9-3-1-2-8(6-9)7-16-10-11-4-5-12-10/h1-3,6H,4-5,7H2,(H,11,12). The lowest BCUT2D eigenvalue weighted by atomic mass is 10.2. The second-order valence-corrected chi connectivity index (χ2v) is 4.29. The van der Waals surface area contributed by atoms with E-state index in [1.165, 1.54) is 6.07 Å². The number of thioether (sulfide) groups is 1. The number of hydrogen-bond donors (Lipinski definition) is 1. The van der Waals surface area contributed by atoms with Crippen LogP contribution in [-0.4, -0.2) is 23.2 Å². The number of benzene rings is 1. The first-order valence-corrected chi connectivity index (χ1v) is 5.89. The van der Waals surface area contributed by atoms with Gasteiger partial charge in [-0.1, -0.05) is 23.9 Å². The maximum Gasteiger partial charge on any atom is 0.269 e. The molecule has 84 valence electrons. The number of aliphatic imine (C=N–C) groups is 1. The summed E-state index contributed by atoms with van der Waals surface area (Å²) in [7, 11) is 0. The van der Waals surface area contributed by atoms with E-state index in [4.69, 9.17) is 0 Å². The topological polar surface area (TPSA) is 67.5 Å². The van der Waals surface area contributed by atoms with Crippen molar-refractivity contribution in [2.24, 2.45) is 4.99 Å². The van der Waals surface area contributed by atoms with Gasteiger partial charge in [0.25, 0.3) is 5.69 Å². The summed E-state index contributed by atoms with van der Waals surface area (Å²) in [5.41, 5.74) is 1.08. The first kappa shape index (κ1) is 10.9. The Bertz CT molecular complexity index is 434. The van der Waals surface area contributed by atoms with E-state index in [2.05, 4.69) is 10.3 Å². The maximum atomic E-state index is 10.6. The summed E-state index contributed by atoms with van der Waals surface area (Å²) in [4.78, 5) is 14.4. The molecule has 0 bridgehead atoms. The van der Waals surface area contributed by atoms with Crippen molar-refractivity contribution in [3.63, 3.8) is 0 Å². The Hall–Kier alpha value is -1.56. The summed E-state index contributed by atoms with van der Waals surface area (Å²) in [6.45, 7) is 1.70. The first-order chi connectivity index (χ1) is 7.75. The van der Waals surface area contributed by atoms with E-state index in [-0.39, 0.29) is 10.6 Å². The number of nitrogens with one attached hydrogen (secondary N) is 1. The molecule has 6 heteroatoms. The average Bonchev–Trinajstić information content (AvgIpc) is 2.79. The van der Waals surface area contributed by atoms with Crippen molar-refractivity contribution in [3.8, 4) is 0 Å². The Balaban J connectivity index is 1.98. The number of amidine groups is 1. The second kappa shape index (κ2) is 4.98. The SMILES string of the molecule is O=[N+]([O-])c1cccc(CSC2=NCCN2)c1. The Morgan fingerprint density at radius 3 is 3.12 bits per heavy atom. The monoisotopic (exact) mass is 237 g/mol. The third-order valence-corrected chi connectivity index (χ3v) is 3.16. The van der Waals surface area contributed by atoms with Crippen LogP contribution in [0.4, 0.5) is 5.69 Å². The van der Waals surface area contributed by atoms with Crippen LogP contribution in [0, 0.1) is 10.1 Å². The van der Waals surface area contributed by atoms with E-state index in [1.807, 2.05) is 6.07 Å². The molecule has 0 radical (unpaired) electrons. The molecule has 1 N–H and O–H groups in total. The number of rotatable bonds is 3. The van der Waals surface area contributed by atoms with Gasteiger partial charge in [-0.15, -0.1) is 0 Å². The predicted octanol–water partition coefficient (Wildman–Crippen LogP) is 1.79. The lowest BCUT2D eigenvalue weighted by Gasteiger charge is -2.02. The van der Waals surface area contributed by atoms with Gasteiger partial charge >= 0.3 is 0 Å². The molecule has 1 aliphatic heterocycles. The van der Waals surface area contributed by atoms with Gasteiger partial charge in [0, 0.05) is 24.4 Å². The Labute approximate surface area is 97.1 Å². The van der Waals surface area contributed by atoms with Gasteiger partial charge in [-0.2, -0.15) is 0 Å². The minimum Gasteiger partial charge on any atom is -0.363 e. The lowest BCUT2D eigenvalue weighted by Crippen LogP contribution is -2.14. The van der Waals surface area contributed by atoms with Crippen LogP contribution in [0.25, 0.3) is 0 Å². The molecule has 0 aliphatic carbocycles. The third-order valence-electron chi connectivity index (χ3n) is 2.14. The Morgan fingerprint density at radius 1 is 1.56 bits per heavy atom. The van der Waals surface area contributed by atoms with Gasteiger partial charge < -0.3 is 5.32 Å². The smallest absolute Gasteiger partial charge is 0.269 e. The summed E-state index contributed by atoms with van der Waals surface area (Å²) in [5, 5.41) is 14.6. The number of nitro benzene ring substituents is 1. The summed E-state index contributed by atoms with van der Waals surface area (Å²) in [6.07, 6.45) is 0. The van der Waals surface area contributed by atoms with Crippen molar-refractivity contribution in [1.82, 2.24) is 5.32 Å². The highest BCUT2D eigenvalue weighted by molar-refractivity contribution is 8.13. The summed E-state index contributed by atoms with van der Waals surface area (Å²) >= 11 is 1.57. The van der Waals surface area contributed by atoms with Gasteiger partial charge in [0.05, 0.1) is 11.5 Å². The fourth-order valence-corrected chi connectivity index (χ4v) is 2.25. The van der Waals surface area contributed by atoms with E-state index in [0.717, 1.165) is 23.8 Å². The number of non-ortho nitro benzene ring substituents is 1. The molecule has 5 nitrogen and oxygen atoms in total. The minimum absolute atomic E-state index is 0.138. The zero-order valence-corrected chi connectivity index (χ0v) is 9.37. The van der Waals surface area contributed by atoms with Crippen molar-refractivity contribution in [2.75, 3.05) is 13.1 Å². The molecule has 0 spiro atoms. The van der Waals surface area contributed by atoms with Crippen LogP contribution < -0.4 is 5.32 Å². The van der Waals surface area contributed by atoms with E-state index >= 15 is 0 Å². The lowest BCUT2D eigenvalue weighted by molar-refractivity contribution is -0.384. The molecule has 0 saturated carbocycles. The van der Waals surface area contributed by atoms with Gasteiger partial charge in [-0.05, 0) is 5.56 Å². The quantitative estimate of drug-likeness (QED) is 0.642. The summed E-state index contributed by atoms with van der Waals surface area (Å²) in [5.74, 6) is 0.702. The first-order valence-electron chi connectivity index (χ1n) is 4.90. The normalized spacial score (nSPS) is 14.4. The van der Waals surface area contributed by atoms with E-state index < -0.39 is 0 Å². The van der Waals surface area contributed by atoms with Crippen LogP contribution in [0.5, 0.6) is 0 Å². The van der Waals surface area contributed by atoms with Crippen LogP contribution in [0.2, 0.25) is 0 Å². The van der Waals surface area contributed by atoms with Crippen molar-refractivity contribution in [3.05, 3.63) is 39.9 Å². The summed E-state index contributed by atoms with van der Waals surface area (Å²) in [6, 6.07) is 6.69. The van der Waals surface area contributed by atoms with E-state index in [0.29, 0.717) is 5.75 Å². The molecule has 1 aromatic rings. The molecular formula is C10H11N3O2S. The minimum atomic E-state index is -0.375. The molecule has 0 unspecified atom stereocenters. The fraction of sp³-hybridized carbons (Fsp3) is 0.300. The van der Waals surface area contributed by atoms with Crippen molar-refractivity contribution < 1.29 is 4.92 Å². The molecule has 1 heterocycles. The van der Waals surface area contributed by atoms with Crippen molar-refractivity contribution in [1.29, 1.82) is 0 Å². The third kappa shape index (κ3) is 2.73. The van der Waals surface area contributed by atoms with E-state index in [9.17, 15) is 10.1 Å². The van der Waals surface area contributed by atoms with Gasteiger partial charge in [-0.3, -0.25) is 15.1 Å². The molecule has 0 saturated heterocycles. The zero-order valence-electron chi connectivity index (χ0n) is 8.55. The molecular weight excluding hydrogens is 226 g/mol. The van der Waals surface area contributed by atoms with Gasteiger partial charge in [-0.25, -0.2) is 0 Å². The van der Waals surface area contributed by atoms with Gasteiger partial charge in [0.15, 0.2) is 5.17 Å². The molecule has 2 rings (SSSR count). The number of nitrogens with zero attached hydrogens (tertiary/aromatic N) is 2. The Kier molecular flexibility index (Phi) is 3.40. The molecule has 0 amide bonds. The van der Waals surface area contributed by atoms with Crippen LogP contribution in [-0.2, 0) is 5.75 Å². The summed E-state index contributed by atoms with van der Waals surface area (Å²) < 4.78 is 0. The van der Waals surface area contributed by atoms with Crippen LogP contribution in [0.1, 0.15) is 5.56 Å². The van der Waals surface area contributed by atoms with E-state index in [1.54, 1.807) is 23.9 Å². The van der Waals surface area contributed by atoms with Crippen molar-refractivity contribution >= 4 is 22.6 Å². The highest BCUT2D eigenvalue weighted by Gasteiger charge is 2.08. The molecule has 16 heavy (non-hydrogen) atoms. The predicted molar refractivity (Wildman–Crippen MR) is 64.7 cm³/mol. The highest BCUT2D eigenvalue weighted by atomic mass is 32.2. The largest absolute Gasteiger partial charge is 0.363 e. The second-order valence-electron chi connectivity index (χ2n) is 3.33. The maximum absolute atomic E-state index is 10.6. The van der Waals surface area contributed by atoms with Crippen molar-refractivity contribution in [2.45, 2.75) is 5.75 Å². The molecule has 0 atom stereocenters. The molecule has 1 aromatic carbocycles. The van der Waals surface area contributed by atoms with Crippen LogP contribution in [0.15, 0.2) is 29.3 Å². The number of hydrogen-bond acceptors (Lipinski definition) is 5. The number of nitro groups is 1. The fourth-order valence-electron chi connectivity index (χ4n) is 1.38. The average molecular weight is 237 g/mol. The van der Waals surface area contributed by atoms with Crippen LogP contribution >= 0.6 is 11.8 Å². The Morgan fingerprint density at radius 2 is 2.44 bits per heavy atom. The highest BCUT2D eigenvalue weighted by Crippen LogP contribution is 2.18. The molecule has 0 aromatic heterocycles. The molecule has 1 aliphatic rings. The zero-order chi connectivity index (χ0) is 11.4. The van der Waals surface area contributed by atoms with Gasteiger partial charge in [0.2, 0.25) is 0 Å². The molecule has 0 fully saturated rings. The van der Waals surface area contributed by atoms with Gasteiger partial charge in [0.1, 0.15) is 0 Å². The van der Waals surface area contributed by atoms with Crippen LogP contribution in [0.3, 0.4) is 0 Å².